The quantitative estimate of drug-likeness (QED) is 0.602. The number of nitrogens with one attached hydrogen (secondary N) is 2. The van der Waals surface area contributed by atoms with Crippen LogP contribution in [0.1, 0.15) is 24.3 Å². The summed E-state index contributed by atoms with van der Waals surface area (Å²) in [7, 11) is 5.56. The van der Waals surface area contributed by atoms with Crippen molar-refractivity contribution in [3.8, 4) is 0 Å². The first-order valence-corrected chi connectivity index (χ1v) is 10.8. The molecule has 2 aromatic rings. The van der Waals surface area contributed by atoms with Crippen LogP contribution < -0.4 is 15.5 Å². The molecule has 30 heavy (non-hydrogen) atoms. The van der Waals surface area contributed by atoms with Gasteiger partial charge in [0.05, 0.1) is 13.0 Å². The minimum Gasteiger partial charge on any atom is -0.383 e. The zero-order valence-corrected chi connectivity index (χ0v) is 19.2. The van der Waals surface area contributed by atoms with E-state index in [1.165, 1.54) is 0 Å². The molecule has 0 radical (unpaired) electrons. The number of amides is 3. The van der Waals surface area contributed by atoms with Crippen LogP contribution >= 0.6 is 11.3 Å². The topological polar surface area (TPSA) is 73.9 Å². The second-order valence-corrected chi connectivity index (χ2v) is 8.59. The third-order valence-corrected chi connectivity index (χ3v) is 5.30. The maximum Gasteiger partial charge on any atom is 0.319 e. The van der Waals surface area contributed by atoms with Gasteiger partial charge in [0, 0.05) is 56.6 Å². The molecule has 2 rings (SSSR count). The van der Waals surface area contributed by atoms with Crippen LogP contribution in [0.4, 0.5) is 16.2 Å². The number of carbonyl (C=O) groups is 2. The van der Waals surface area contributed by atoms with E-state index in [1.807, 2.05) is 73.5 Å². The largest absolute Gasteiger partial charge is 0.383 e. The van der Waals surface area contributed by atoms with E-state index in [-0.39, 0.29) is 18.0 Å². The van der Waals surface area contributed by atoms with E-state index in [9.17, 15) is 9.59 Å². The van der Waals surface area contributed by atoms with Crippen molar-refractivity contribution in [3.05, 3.63) is 46.2 Å². The predicted molar refractivity (Wildman–Crippen MR) is 123 cm³/mol. The van der Waals surface area contributed by atoms with Gasteiger partial charge < -0.3 is 25.2 Å². The molecule has 1 aromatic heterocycles. The zero-order valence-electron chi connectivity index (χ0n) is 18.4. The van der Waals surface area contributed by atoms with Crippen LogP contribution in [-0.2, 0) is 22.5 Å². The molecule has 0 saturated heterocycles. The highest BCUT2D eigenvalue weighted by Crippen LogP contribution is 2.25. The number of hydrogen-bond acceptors (Lipinski definition) is 5. The summed E-state index contributed by atoms with van der Waals surface area (Å²) in [5.74, 6) is 0.0510. The van der Waals surface area contributed by atoms with Gasteiger partial charge in [-0.25, -0.2) is 4.79 Å². The van der Waals surface area contributed by atoms with Crippen molar-refractivity contribution in [2.75, 3.05) is 44.6 Å². The number of methoxy groups -OCH3 is 1. The summed E-state index contributed by atoms with van der Waals surface area (Å²) >= 11 is 1.58. The molecule has 1 aromatic carbocycles. The van der Waals surface area contributed by atoms with Crippen molar-refractivity contribution in [3.63, 3.8) is 0 Å². The molecule has 3 amide bonds. The Morgan fingerprint density at radius 1 is 1.20 bits per heavy atom. The second-order valence-electron chi connectivity index (χ2n) is 7.56. The van der Waals surface area contributed by atoms with Crippen LogP contribution in [-0.4, -0.2) is 57.2 Å². The molecule has 8 heteroatoms. The maximum absolute atomic E-state index is 13.0. The fraction of sp³-hybridized carbons (Fsp3) is 0.455. The van der Waals surface area contributed by atoms with Gasteiger partial charge in [-0.2, -0.15) is 0 Å². The van der Waals surface area contributed by atoms with E-state index in [0.29, 0.717) is 31.8 Å². The summed E-state index contributed by atoms with van der Waals surface area (Å²) in [6.07, 6.45) is 0.368. The van der Waals surface area contributed by atoms with Gasteiger partial charge >= 0.3 is 6.03 Å². The van der Waals surface area contributed by atoms with E-state index in [2.05, 4.69) is 10.6 Å². The monoisotopic (exact) mass is 432 g/mol. The number of hydrogen-bond donors (Lipinski definition) is 2. The average molecular weight is 433 g/mol. The van der Waals surface area contributed by atoms with E-state index in [4.69, 9.17) is 4.74 Å². The third kappa shape index (κ3) is 7.35. The molecule has 0 unspecified atom stereocenters. The van der Waals surface area contributed by atoms with Crippen LogP contribution in [0.15, 0.2) is 35.7 Å². The van der Waals surface area contributed by atoms with Crippen molar-refractivity contribution < 1.29 is 14.3 Å². The Labute approximate surface area is 183 Å². The Morgan fingerprint density at radius 2 is 1.97 bits per heavy atom. The normalized spacial score (nSPS) is 10.7. The van der Waals surface area contributed by atoms with Crippen molar-refractivity contribution in [2.24, 2.45) is 0 Å². The van der Waals surface area contributed by atoms with Crippen molar-refractivity contribution in [1.29, 1.82) is 0 Å². The minimum atomic E-state index is -0.251. The minimum absolute atomic E-state index is 0.0462. The predicted octanol–water partition coefficient (Wildman–Crippen LogP) is 3.56. The Morgan fingerprint density at radius 3 is 2.57 bits per heavy atom. The average Bonchev–Trinajstić information content (AvgIpc) is 3.17. The molecule has 0 aliphatic rings. The summed E-state index contributed by atoms with van der Waals surface area (Å²) in [6.45, 7) is 5.21. The lowest BCUT2D eigenvalue weighted by molar-refractivity contribution is -0.131. The fourth-order valence-electron chi connectivity index (χ4n) is 3.03. The molecule has 0 atom stereocenters. The number of ether oxygens (including phenoxy) is 1. The number of rotatable bonds is 10. The lowest BCUT2D eigenvalue weighted by Crippen LogP contribution is -2.35. The van der Waals surface area contributed by atoms with Gasteiger partial charge in [0.2, 0.25) is 5.91 Å². The standard InChI is InChI=1S/C22H32N4O3S/c1-16(2)23-22(28)24-18-8-9-20(25(3)4)17(13-18)15-26(10-11-29-5)21(27)14-19-7-6-12-30-19/h6-9,12-13,16H,10-11,14-15H2,1-5H3,(H2,23,24,28). The van der Waals surface area contributed by atoms with E-state index in [0.717, 1.165) is 16.1 Å². The van der Waals surface area contributed by atoms with Gasteiger partial charge in [-0.1, -0.05) is 6.07 Å². The molecule has 0 saturated carbocycles. The summed E-state index contributed by atoms with van der Waals surface area (Å²) < 4.78 is 5.22. The smallest absolute Gasteiger partial charge is 0.319 e. The zero-order chi connectivity index (χ0) is 22.1. The van der Waals surface area contributed by atoms with Gasteiger partial charge in [-0.15, -0.1) is 11.3 Å². The molecule has 0 aliphatic heterocycles. The Hall–Kier alpha value is -2.58. The fourth-order valence-corrected chi connectivity index (χ4v) is 3.72. The van der Waals surface area contributed by atoms with E-state index < -0.39 is 0 Å². The summed E-state index contributed by atoms with van der Waals surface area (Å²) in [5, 5.41) is 7.66. The molecule has 0 bridgehead atoms. The molecule has 1 heterocycles. The number of carbonyl (C=O) groups excluding carboxylic acids is 2. The van der Waals surface area contributed by atoms with E-state index in [1.54, 1.807) is 18.4 Å². The number of anilines is 2. The first-order chi connectivity index (χ1) is 14.3. The maximum atomic E-state index is 13.0. The van der Waals surface area contributed by atoms with Crippen molar-refractivity contribution >= 4 is 34.6 Å². The summed E-state index contributed by atoms with van der Waals surface area (Å²) in [4.78, 5) is 29.9. The summed E-state index contributed by atoms with van der Waals surface area (Å²) in [6, 6.07) is 9.47. The first-order valence-electron chi connectivity index (χ1n) is 9.97. The van der Waals surface area contributed by atoms with Gasteiger partial charge in [-0.05, 0) is 49.1 Å². The molecular weight excluding hydrogens is 400 g/mol. The number of urea groups is 1. The van der Waals surface area contributed by atoms with Crippen LogP contribution in [0.25, 0.3) is 0 Å². The first kappa shape index (κ1) is 23.7. The van der Waals surface area contributed by atoms with Gasteiger partial charge in [0.15, 0.2) is 0 Å². The lowest BCUT2D eigenvalue weighted by atomic mass is 10.1. The van der Waals surface area contributed by atoms with Gasteiger partial charge in [-0.3, -0.25) is 4.79 Å². The van der Waals surface area contributed by atoms with E-state index >= 15 is 0 Å². The third-order valence-electron chi connectivity index (χ3n) is 4.42. The van der Waals surface area contributed by atoms with Crippen LogP contribution in [0.5, 0.6) is 0 Å². The van der Waals surface area contributed by atoms with Crippen molar-refractivity contribution in [1.82, 2.24) is 10.2 Å². The molecule has 0 spiro atoms. The molecule has 0 fully saturated rings. The number of thiophene rings is 1. The second kappa shape index (κ2) is 11.6. The van der Waals surface area contributed by atoms with Gasteiger partial charge in [0.25, 0.3) is 0 Å². The highest BCUT2D eigenvalue weighted by Gasteiger charge is 2.18. The number of benzene rings is 1. The highest BCUT2D eigenvalue weighted by molar-refractivity contribution is 7.10. The highest BCUT2D eigenvalue weighted by atomic mass is 32.1. The molecular formula is C22H32N4O3S. The molecule has 164 valence electrons. The summed E-state index contributed by atoms with van der Waals surface area (Å²) in [5.41, 5.74) is 2.64. The molecule has 7 nitrogen and oxygen atoms in total. The van der Waals surface area contributed by atoms with Crippen molar-refractivity contribution in [2.45, 2.75) is 32.9 Å². The van der Waals surface area contributed by atoms with Crippen LogP contribution in [0.2, 0.25) is 0 Å². The lowest BCUT2D eigenvalue weighted by Gasteiger charge is -2.26. The molecule has 0 aliphatic carbocycles. The van der Waals surface area contributed by atoms with Crippen LogP contribution in [0, 0.1) is 0 Å². The van der Waals surface area contributed by atoms with Gasteiger partial charge in [0.1, 0.15) is 0 Å². The Balaban J connectivity index is 2.23. The number of nitrogens with zero attached hydrogens (tertiary/aromatic N) is 2. The Bertz CT molecular complexity index is 822. The molecule has 2 N–H and O–H groups in total. The Kier molecular flexibility index (Phi) is 9.14. The SMILES string of the molecule is COCCN(Cc1cc(NC(=O)NC(C)C)ccc1N(C)C)C(=O)Cc1cccs1. The van der Waals surface area contributed by atoms with Crippen LogP contribution in [0.3, 0.4) is 0 Å².